The first-order chi connectivity index (χ1) is 7.78. The molecule has 1 fully saturated rings. The van der Waals surface area contributed by atoms with Crippen LogP contribution >= 0.6 is 0 Å². The van der Waals surface area contributed by atoms with Crippen LogP contribution in [-0.2, 0) is 0 Å². The van der Waals surface area contributed by atoms with Crippen LogP contribution in [0.5, 0.6) is 0 Å². The Morgan fingerprint density at radius 2 is 2.38 bits per heavy atom. The molecule has 0 aliphatic heterocycles. The molecule has 1 aromatic heterocycles. The van der Waals surface area contributed by atoms with Crippen molar-refractivity contribution in [3.05, 3.63) is 24.0 Å². The van der Waals surface area contributed by atoms with Gasteiger partial charge in [0.1, 0.15) is 11.8 Å². The van der Waals surface area contributed by atoms with E-state index in [4.69, 9.17) is 5.26 Å². The van der Waals surface area contributed by atoms with Gasteiger partial charge >= 0.3 is 0 Å². The SMILES string of the molecule is CC1CCCC(Nc2ccnc(C#N)c2)C1. The number of anilines is 1. The highest BCUT2D eigenvalue weighted by Crippen LogP contribution is 2.26. The van der Waals surface area contributed by atoms with Crippen molar-refractivity contribution in [2.45, 2.75) is 38.6 Å². The Kier molecular flexibility index (Phi) is 3.40. The Labute approximate surface area is 96.5 Å². The minimum atomic E-state index is 0.480. The summed E-state index contributed by atoms with van der Waals surface area (Å²) in [5.41, 5.74) is 1.50. The topological polar surface area (TPSA) is 48.7 Å². The predicted octanol–water partition coefficient (Wildman–Crippen LogP) is 2.94. The van der Waals surface area contributed by atoms with E-state index < -0.39 is 0 Å². The second-order valence-corrected chi connectivity index (χ2v) is 4.65. The molecule has 1 aromatic rings. The lowest BCUT2D eigenvalue weighted by molar-refractivity contribution is 0.358. The van der Waals surface area contributed by atoms with Crippen molar-refractivity contribution in [3.8, 4) is 6.07 Å². The minimum absolute atomic E-state index is 0.480. The fourth-order valence-corrected chi connectivity index (χ4v) is 2.38. The van der Waals surface area contributed by atoms with Gasteiger partial charge in [0, 0.05) is 17.9 Å². The van der Waals surface area contributed by atoms with Crippen molar-refractivity contribution < 1.29 is 0 Å². The van der Waals surface area contributed by atoms with E-state index in [1.54, 1.807) is 6.20 Å². The van der Waals surface area contributed by atoms with Crippen LogP contribution in [0, 0.1) is 17.2 Å². The van der Waals surface area contributed by atoms with E-state index in [1.807, 2.05) is 12.1 Å². The van der Waals surface area contributed by atoms with E-state index in [1.165, 1.54) is 25.7 Å². The summed E-state index contributed by atoms with van der Waals surface area (Å²) < 4.78 is 0. The van der Waals surface area contributed by atoms with Gasteiger partial charge in [-0.25, -0.2) is 4.98 Å². The van der Waals surface area contributed by atoms with Crippen molar-refractivity contribution >= 4 is 5.69 Å². The van der Waals surface area contributed by atoms with Gasteiger partial charge in [0.2, 0.25) is 0 Å². The molecular formula is C13H17N3. The van der Waals surface area contributed by atoms with Crippen molar-refractivity contribution in [1.82, 2.24) is 4.98 Å². The first-order valence-electron chi connectivity index (χ1n) is 5.90. The summed E-state index contributed by atoms with van der Waals surface area (Å²) in [7, 11) is 0. The van der Waals surface area contributed by atoms with Crippen LogP contribution in [-0.4, -0.2) is 11.0 Å². The van der Waals surface area contributed by atoms with Gasteiger partial charge in [0.05, 0.1) is 0 Å². The molecule has 2 rings (SSSR count). The lowest BCUT2D eigenvalue weighted by Crippen LogP contribution is -2.26. The summed E-state index contributed by atoms with van der Waals surface area (Å²) in [6.07, 6.45) is 6.79. The monoisotopic (exact) mass is 215 g/mol. The fourth-order valence-electron chi connectivity index (χ4n) is 2.38. The number of nitrogens with one attached hydrogen (secondary N) is 1. The number of nitriles is 1. The van der Waals surface area contributed by atoms with Crippen LogP contribution in [0.3, 0.4) is 0 Å². The Bertz CT molecular complexity index is 394. The second kappa shape index (κ2) is 4.98. The molecule has 3 nitrogen and oxygen atoms in total. The minimum Gasteiger partial charge on any atom is -0.382 e. The lowest BCUT2D eigenvalue weighted by Gasteiger charge is -2.28. The molecular weight excluding hydrogens is 198 g/mol. The second-order valence-electron chi connectivity index (χ2n) is 4.65. The van der Waals surface area contributed by atoms with Gasteiger partial charge in [-0.05, 0) is 30.9 Å². The highest BCUT2D eigenvalue weighted by Gasteiger charge is 2.18. The third kappa shape index (κ3) is 2.73. The maximum absolute atomic E-state index is 8.77. The molecule has 16 heavy (non-hydrogen) atoms. The molecule has 3 heteroatoms. The molecule has 0 aromatic carbocycles. The Hall–Kier alpha value is -1.56. The van der Waals surface area contributed by atoms with Crippen LogP contribution in [0.15, 0.2) is 18.3 Å². The van der Waals surface area contributed by atoms with Crippen molar-refractivity contribution in [2.75, 3.05) is 5.32 Å². The van der Waals surface area contributed by atoms with E-state index >= 15 is 0 Å². The zero-order chi connectivity index (χ0) is 11.4. The van der Waals surface area contributed by atoms with Crippen molar-refractivity contribution in [1.29, 1.82) is 5.26 Å². The fraction of sp³-hybridized carbons (Fsp3) is 0.538. The summed E-state index contributed by atoms with van der Waals surface area (Å²) in [5, 5.41) is 12.3. The van der Waals surface area contributed by atoms with E-state index in [0.29, 0.717) is 11.7 Å². The van der Waals surface area contributed by atoms with Gasteiger partial charge in [-0.2, -0.15) is 5.26 Å². The number of rotatable bonds is 2. The van der Waals surface area contributed by atoms with E-state index in [-0.39, 0.29) is 0 Å². The van der Waals surface area contributed by atoms with Crippen LogP contribution < -0.4 is 5.32 Å². The quantitative estimate of drug-likeness (QED) is 0.825. The van der Waals surface area contributed by atoms with Gasteiger partial charge < -0.3 is 5.32 Å². The smallest absolute Gasteiger partial charge is 0.142 e. The molecule has 0 saturated heterocycles. The Balaban J connectivity index is 2.00. The molecule has 84 valence electrons. The Morgan fingerprint density at radius 1 is 1.50 bits per heavy atom. The number of hydrogen-bond donors (Lipinski definition) is 1. The summed E-state index contributed by atoms with van der Waals surface area (Å²) in [5.74, 6) is 0.809. The average molecular weight is 215 g/mol. The number of nitrogens with zero attached hydrogens (tertiary/aromatic N) is 2. The van der Waals surface area contributed by atoms with Crippen LogP contribution in [0.2, 0.25) is 0 Å². The molecule has 2 unspecified atom stereocenters. The van der Waals surface area contributed by atoms with Gasteiger partial charge in [-0.1, -0.05) is 19.8 Å². The maximum atomic E-state index is 8.77. The normalized spacial score (nSPS) is 24.8. The summed E-state index contributed by atoms with van der Waals surface area (Å²) in [6, 6.07) is 6.37. The summed E-state index contributed by atoms with van der Waals surface area (Å²) in [4.78, 5) is 3.96. The first-order valence-corrected chi connectivity index (χ1v) is 5.90. The van der Waals surface area contributed by atoms with Gasteiger partial charge in [0.25, 0.3) is 0 Å². The van der Waals surface area contributed by atoms with Crippen LogP contribution in [0.1, 0.15) is 38.3 Å². The first kappa shape index (κ1) is 10.9. The molecule has 1 heterocycles. The molecule has 1 N–H and O–H groups in total. The van der Waals surface area contributed by atoms with E-state index in [2.05, 4.69) is 23.3 Å². The summed E-state index contributed by atoms with van der Waals surface area (Å²) in [6.45, 7) is 2.31. The zero-order valence-electron chi connectivity index (χ0n) is 9.61. The lowest BCUT2D eigenvalue weighted by atomic mass is 9.87. The highest BCUT2D eigenvalue weighted by atomic mass is 14.9. The van der Waals surface area contributed by atoms with Gasteiger partial charge in [-0.3, -0.25) is 0 Å². The summed E-state index contributed by atoms with van der Waals surface area (Å²) >= 11 is 0. The average Bonchev–Trinajstić information content (AvgIpc) is 2.29. The molecule has 0 bridgehead atoms. The molecule has 1 aliphatic rings. The predicted molar refractivity (Wildman–Crippen MR) is 64.0 cm³/mol. The van der Waals surface area contributed by atoms with Crippen LogP contribution in [0.25, 0.3) is 0 Å². The number of pyridine rings is 1. The molecule has 1 saturated carbocycles. The highest BCUT2D eigenvalue weighted by molar-refractivity contribution is 5.46. The van der Waals surface area contributed by atoms with Crippen LogP contribution in [0.4, 0.5) is 5.69 Å². The zero-order valence-corrected chi connectivity index (χ0v) is 9.61. The third-order valence-corrected chi connectivity index (χ3v) is 3.18. The number of hydrogen-bond acceptors (Lipinski definition) is 3. The largest absolute Gasteiger partial charge is 0.382 e. The molecule has 0 amide bonds. The third-order valence-electron chi connectivity index (χ3n) is 3.18. The molecule has 0 radical (unpaired) electrons. The Morgan fingerprint density at radius 3 is 3.12 bits per heavy atom. The van der Waals surface area contributed by atoms with Crippen molar-refractivity contribution in [2.24, 2.45) is 5.92 Å². The molecule has 1 aliphatic carbocycles. The van der Waals surface area contributed by atoms with E-state index in [9.17, 15) is 0 Å². The number of aromatic nitrogens is 1. The van der Waals surface area contributed by atoms with Gasteiger partial charge in [0.15, 0.2) is 0 Å². The van der Waals surface area contributed by atoms with E-state index in [0.717, 1.165) is 11.6 Å². The maximum Gasteiger partial charge on any atom is 0.142 e. The van der Waals surface area contributed by atoms with Crippen molar-refractivity contribution in [3.63, 3.8) is 0 Å². The van der Waals surface area contributed by atoms with Gasteiger partial charge in [-0.15, -0.1) is 0 Å². The molecule has 0 spiro atoms. The molecule has 2 atom stereocenters. The standard InChI is InChI=1S/C13H17N3/c1-10-3-2-4-11(7-10)16-12-5-6-15-13(8-12)9-14/h5-6,8,10-11H,2-4,7H2,1H3,(H,15,16).